The Bertz CT molecular complexity index is 772. The van der Waals surface area contributed by atoms with E-state index in [1.54, 1.807) is 6.20 Å². The zero-order chi connectivity index (χ0) is 18.8. The van der Waals surface area contributed by atoms with E-state index in [0.717, 1.165) is 31.5 Å². The Hall–Kier alpha value is -2.34. The minimum Gasteiger partial charge on any atom is -0.385 e. The summed E-state index contributed by atoms with van der Waals surface area (Å²) in [6.45, 7) is 3.58. The molecule has 0 spiro atoms. The van der Waals surface area contributed by atoms with Crippen molar-refractivity contribution in [2.45, 2.75) is 31.8 Å². The number of hydrogen-bond acceptors (Lipinski definition) is 4. The number of aryl methyl sites for hydroxylation is 1. The summed E-state index contributed by atoms with van der Waals surface area (Å²) in [5.74, 6) is 0.942. The van der Waals surface area contributed by atoms with Gasteiger partial charge in [0.05, 0.1) is 0 Å². The quantitative estimate of drug-likeness (QED) is 0.901. The van der Waals surface area contributed by atoms with Crippen LogP contribution in [0.3, 0.4) is 0 Å². The topological polar surface area (TPSA) is 61.6 Å². The Morgan fingerprint density at radius 2 is 1.78 bits per heavy atom. The predicted molar refractivity (Wildman–Crippen MR) is 105 cm³/mol. The molecule has 0 saturated carbocycles. The predicted octanol–water partition coefficient (Wildman–Crippen LogP) is 2.61. The van der Waals surface area contributed by atoms with E-state index in [0.29, 0.717) is 18.9 Å². The van der Waals surface area contributed by atoms with Gasteiger partial charge in [0.2, 0.25) is 0 Å². The Morgan fingerprint density at radius 3 is 2.37 bits per heavy atom. The van der Waals surface area contributed by atoms with Crippen molar-refractivity contribution >= 4 is 11.6 Å². The summed E-state index contributed by atoms with van der Waals surface area (Å²) in [7, 11) is 1.90. The summed E-state index contributed by atoms with van der Waals surface area (Å²) in [5, 5.41) is 10.6. The van der Waals surface area contributed by atoms with Crippen LogP contribution in [0.5, 0.6) is 0 Å². The lowest BCUT2D eigenvalue weighted by Gasteiger charge is -2.34. The maximum absolute atomic E-state index is 12.8. The molecule has 2 fully saturated rings. The van der Waals surface area contributed by atoms with Gasteiger partial charge in [-0.15, -0.1) is 0 Å². The molecule has 0 radical (unpaired) electrons. The van der Waals surface area contributed by atoms with Crippen molar-refractivity contribution in [3.8, 4) is 0 Å². The number of amides is 1. The van der Waals surface area contributed by atoms with Crippen molar-refractivity contribution in [2.75, 3.05) is 31.1 Å². The number of anilines is 1. The highest BCUT2D eigenvalue weighted by molar-refractivity contribution is 5.94. The molecule has 2 aliphatic rings. The lowest BCUT2D eigenvalue weighted by Crippen LogP contribution is -2.40. The third-order valence-corrected chi connectivity index (χ3v) is 5.98. The highest BCUT2D eigenvalue weighted by Gasteiger charge is 2.30. The average Bonchev–Trinajstić information content (AvgIpc) is 3.39. The largest absolute Gasteiger partial charge is 0.385 e. The molecule has 2 aromatic rings. The smallest absolute Gasteiger partial charge is 0.253 e. The van der Waals surface area contributed by atoms with Gasteiger partial charge in [-0.3, -0.25) is 4.79 Å². The SMILES string of the molecule is Cn1ccnc1C(O)C1CCN(C(=O)c2ccc(N3CCCC3)cc2)CC1. The van der Waals surface area contributed by atoms with Gasteiger partial charge in [0, 0.05) is 56.9 Å². The fourth-order valence-corrected chi connectivity index (χ4v) is 4.26. The van der Waals surface area contributed by atoms with Gasteiger partial charge in [0.15, 0.2) is 0 Å². The summed E-state index contributed by atoms with van der Waals surface area (Å²) >= 11 is 0. The van der Waals surface area contributed by atoms with Crippen molar-refractivity contribution < 1.29 is 9.90 Å². The van der Waals surface area contributed by atoms with Crippen LogP contribution in [-0.4, -0.2) is 51.6 Å². The van der Waals surface area contributed by atoms with Crippen LogP contribution in [-0.2, 0) is 7.05 Å². The number of aliphatic hydroxyl groups is 1. The Kier molecular flexibility index (Phi) is 5.16. The number of aliphatic hydroxyl groups excluding tert-OH is 1. The summed E-state index contributed by atoms with van der Waals surface area (Å²) in [5.41, 5.74) is 1.96. The first-order valence-electron chi connectivity index (χ1n) is 9.93. The van der Waals surface area contributed by atoms with Crippen molar-refractivity contribution in [2.24, 2.45) is 13.0 Å². The van der Waals surface area contributed by atoms with Gasteiger partial charge in [-0.25, -0.2) is 4.98 Å². The number of aromatic nitrogens is 2. The molecule has 6 nitrogen and oxygen atoms in total. The summed E-state index contributed by atoms with van der Waals surface area (Å²) < 4.78 is 1.87. The number of nitrogens with zero attached hydrogens (tertiary/aromatic N) is 4. The number of hydrogen-bond donors (Lipinski definition) is 1. The second-order valence-electron chi connectivity index (χ2n) is 7.71. The monoisotopic (exact) mass is 368 g/mol. The van der Waals surface area contributed by atoms with Crippen LogP contribution in [0, 0.1) is 5.92 Å². The highest BCUT2D eigenvalue weighted by Crippen LogP contribution is 2.30. The second-order valence-corrected chi connectivity index (χ2v) is 7.71. The van der Waals surface area contributed by atoms with E-state index in [-0.39, 0.29) is 11.8 Å². The van der Waals surface area contributed by atoms with Gasteiger partial charge in [-0.05, 0) is 55.9 Å². The lowest BCUT2D eigenvalue weighted by molar-refractivity contribution is 0.0420. The van der Waals surface area contributed by atoms with E-state index in [1.165, 1.54) is 18.5 Å². The van der Waals surface area contributed by atoms with Crippen LogP contribution >= 0.6 is 0 Å². The van der Waals surface area contributed by atoms with E-state index in [4.69, 9.17) is 0 Å². The first-order valence-corrected chi connectivity index (χ1v) is 9.93. The van der Waals surface area contributed by atoms with Crippen molar-refractivity contribution in [3.05, 3.63) is 48.0 Å². The normalized spacial score (nSPS) is 19.5. The molecule has 0 aliphatic carbocycles. The van der Waals surface area contributed by atoms with Crippen LogP contribution < -0.4 is 4.90 Å². The molecule has 3 heterocycles. The minimum atomic E-state index is -0.568. The van der Waals surface area contributed by atoms with Crippen molar-refractivity contribution in [1.29, 1.82) is 0 Å². The number of likely N-dealkylation sites (tertiary alicyclic amines) is 1. The summed E-state index contributed by atoms with van der Waals surface area (Å²) in [4.78, 5) is 21.4. The van der Waals surface area contributed by atoms with E-state index < -0.39 is 6.10 Å². The Balaban J connectivity index is 1.35. The second kappa shape index (κ2) is 7.72. The molecule has 1 amide bonds. The van der Waals surface area contributed by atoms with Crippen LogP contribution in [0.15, 0.2) is 36.7 Å². The third-order valence-electron chi connectivity index (χ3n) is 5.98. The summed E-state index contributed by atoms with van der Waals surface area (Å²) in [6.07, 6.45) is 7.09. The number of carbonyl (C=O) groups is 1. The first kappa shape index (κ1) is 18.0. The molecular weight excluding hydrogens is 340 g/mol. The molecule has 6 heteroatoms. The van der Waals surface area contributed by atoms with Gasteiger partial charge in [-0.1, -0.05) is 0 Å². The van der Waals surface area contributed by atoms with Crippen LogP contribution in [0.2, 0.25) is 0 Å². The van der Waals surface area contributed by atoms with E-state index in [1.807, 2.05) is 34.8 Å². The van der Waals surface area contributed by atoms with E-state index >= 15 is 0 Å². The van der Waals surface area contributed by atoms with Crippen LogP contribution in [0.4, 0.5) is 5.69 Å². The fourth-order valence-electron chi connectivity index (χ4n) is 4.26. The number of piperidine rings is 1. The lowest BCUT2D eigenvalue weighted by atomic mass is 9.90. The first-order chi connectivity index (χ1) is 13.1. The molecule has 1 N–H and O–H groups in total. The number of imidazole rings is 1. The number of rotatable bonds is 4. The van der Waals surface area contributed by atoms with Gasteiger partial charge < -0.3 is 19.5 Å². The molecule has 27 heavy (non-hydrogen) atoms. The summed E-state index contributed by atoms with van der Waals surface area (Å²) in [6, 6.07) is 8.03. The number of benzene rings is 1. The molecule has 2 saturated heterocycles. The van der Waals surface area contributed by atoms with Gasteiger partial charge >= 0.3 is 0 Å². The zero-order valence-corrected chi connectivity index (χ0v) is 15.9. The molecule has 1 aromatic carbocycles. The van der Waals surface area contributed by atoms with Crippen molar-refractivity contribution in [3.63, 3.8) is 0 Å². The van der Waals surface area contributed by atoms with Crippen molar-refractivity contribution in [1.82, 2.24) is 14.5 Å². The minimum absolute atomic E-state index is 0.0907. The fraction of sp³-hybridized carbons (Fsp3) is 0.524. The molecule has 4 rings (SSSR count). The van der Waals surface area contributed by atoms with E-state index in [2.05, 4.69) is 22.0 Å². The maximum atomic E-state index is 12.8. The van der Waals surface area contributed by atoms with Crippen LogP contribution in [0.25, 0.3) is 0 Å². The highest BCUT2D eigenvalue weighted by atomic mass is 16.3. The maximum Gasteiger partial charge on any atom is 0.253 e. The standard InChI is InChI=1S/C21H28N4O2/c1-23-15-10-22-20(23)19(26)16-8-13-25(14-9-16)21(27)17-4-6-18(7-5-17)24-11-2-3-12-24/h4-7,10,15-16,19,26H,2-3,8-9,11-14H2,1H3. The number of carbonyl (C=O) groups excluding carboxylic acids is 1. The van der Waals surface area contributed by atoms with E-state index in [9.17, 15) is 9.90 Å². The van der Waals surface area contributed by atoms with Crippen LogP contribution in [0.1, 0.15) is 48.0 Å². The Morgan fingerprint density at radius 1 is 1.11 bits per heavy atom. The molecule has 144 valence electrons. The zero-order valence-electron chi connectivity index (χ0n) is 15.9. The Labute approximate surface area is 160 Å². The molecule has 1 atom stereocenters. The molecular formula is C21H28N4O2. The average molecular weight is 368 g/mol. The molecule has 1 unspecified atom stereocenters. The third kappa shape index (κ3) is 3.72. The van der Waals surface area contributed by atoms with Gasteiger partial charge in [-0.2, -0.15) is 0 Å². The molecule has 2 aliphatic heterocycles. The molecule has 0 bridgehead atoms. The van der Waals surface area contributed by atoms with Gasteiger partial charge in [0.25, 0.3) is 5.91 Å². The molecule has 1 aromatic heterocycles. The van der Waals surface area contributed by atoms with Gasteiger partial charge in [0.1, 0.15) is 11.9 Å².